The van der Waals surface area contributed by atoms with Gasteiger partial charge in [0.2, 0.25) is 0 Å². The molecule has 6 rings (SSSR count). The van der Waals surface area contributed by atoms with Crippen LogP contribution in [0.1, 0.15) is 23.4 Å². The summed E-state index contributed by atoms with van der Waals surface area (Å²) in [5, 5.41) is 9.40. The summed E-state index contributed by atoms with van der Waals surface area (Å²) in [7, 11) is 0. The molecule has 1 amide bonds. The Hall–Kier alpha value is -3.93. The van der Waals surface area contributed by atoms with Crippen LogP contribution >= 0.6 is 0 Å². The van der Waals surface area contributed by atoms with E-state index in [2.05, 4.69) is 20.5 Å². The average Bonchev–Trinajstić information content (AvgIpc) is 3.64. The number of H-pyrrole nitrogens is 1. The van der Waals surface area contributed by atoms with Crippen LogP contribution < -0.4 is 15.1 Å². The highest BCUT2D eigenvalue weighted by molar-refractivity contribution is 6.06. The lowest BCUT2D eigenvalue weighted by atomic mass is 10.1. The van der Waals surface area contributed by atoms with Gasteiger partial charge in [0.15, 0.2) is 11.3 Å². The number of carbonyl (C=O) groups excluding carboxylic acids is 1. The van der Waals surface area contributed by atoms with Crippen molar-refractivity contribution in [1.82, 2.24) is 15.2 Å². The van der Waals surface area contributed by atoms with Crippen LogP contribution in [0.2, 0.25) is 0 Å². The van der Waals surface area contributed by atoms with Gasteiger partial charge in [-0.05, 0) is 24.6 Å². The quantitative estimate of drug-likeness (QED) is 0.422. The maximum Gasteiger partial charge on any atom is 0.298 e. The molecule has 0 aliphatic carbocycles. The van der Waals surface area contributed by atoms with Crippen molar-refractivity contribution in [2.45, 2.75) is 18.8 Å². The number of oxazole rings is 1. The van der Waals surface area contributed by atoms with E-state index in [1.807, 2.05) is 4.90 Å². The number of nitrogens with one attached hydrogen (secondary N) is 2. The Kier molecular flexibility index (Phi) is 5.59. The summed E-state index contributed by atoms with van der Waals surface area (Å²) in [4.78, 5) is 21.2. The van der Waals surface area contributed by atoms with E-state index in [0.29, 0.717) is 79.1 Å². The molecule has 2 fully saturated rings. The highest BCUT2D eigenvalue weighted by Gasteiger charge is 2.36. The van der Waals surface area contributed by atoms with Crippen LogP contribution in [0.25, 0.3) is 22.4 Å². The molecule has 2 N–H and O–H groups in total. The summed E-state index contributed by atoms with van der Waals surface area (Å²) in [5.74, 6) is -2.78. The van der Waals surface area contributed by atoms with E-state index < -0.39 is 18.4 Å². The monoisotopic (exact) mass is 498 g/mol. The maximum absolute atomic E-state index is 14.3. The number of hydrogen-bond acceptors (Lipinski definition) is 8. The molecule has 0 bridgehead atoms. The fraction of sp³-hybridized carbons (Fsp3) is 0.375. The van der Waals surface area contributed by atoms with Crippen LogP contribution in [0.5, 0.6) is 0 Å². The molecule has 0 atom stereocenters. The fourth-order valence-electron chi connectivity index (χ4n) is 4.56. The molecule has 2 aliphatic rings. The lowest BCUT2D eigenvalue weighted by molar-refractivity contribution is -0.0116. The van der Waals surface area contributed by atoms with Gasteiger partial charge in [0.05, 0.1) is 42.9 Å². The molecule has 0 saturated carbocycles. The number of rotatable bonds is 5. The maximum atomic E-state index is 14.3. The van der Waals surface area contributed by atoms with Gasteiger partial charge in [-0.15, -0.1) is 0 Å². The fourth-order valence-corrected chi connectivity index (χ4v) is 4.56. The van der Waals surface area contributed by atoms with Gasteiger partial charge >= 0.3 is 0 Å². The number of morpholine rings is 1. The van der Waals surface area contributed by atoms with Gasteiger partial charge in [0.25, 0.3) is 17.8 Å². The van der Waals surface area contributed by atoms with E-state index in [1.54, 1.807) is 41.6 Å². The number of halogens is 2. The highest BCUT2D eigenvalue weighted by atomic mass is 19.3. The Labute approximate surface area is 204 Å². The largest absolute Gasteiger partial charge is 0.451 e. The number of alkyl halides is 2. The first-order chi connectivity index (χ1) is 17.4. The normalized spacial score (nSPS) is 18.1. The Morgan fingerprint density at radius 1 is 1.11 bits per heavy atom. The summed E-state index contributed by atoms with van der Waals surface area (Å²) in [6.07, 6.45) is 3.41. The van der Waals surface area contributed by atoms with Crippen molar-refractivity contribution in [3.05, 3.63) is 42.4 Å². The van der Waals surface area contributed by atoms with Crippen molar-refractivity contribution in [2.24, 2.45) is 0 Å². The number of furan rings is 1. The number of anilines is 3. The van der Waals surface area contributed by atoms with Crippen molar-refractivity contribution in [2.75, 3.05) is 54.5 Å². The molecule has 2 saturated heterocycles. The van der Waals surface area contributed by atoms with Gasteiger partial charge in [-0.25, -0.2) is 8.78 Å². The molecular formula is C24H24F2N6O4. The number of aromatic nitrogens is 3. The van der Waals surface area contributed by atoms with Crippen molar-refractivity contribution < 1.29 is 27.1 Å². The predicted octanol–water partition coefficient (Wildman–Crippen LogP) is 4.14. The summed E-state index contributed by atoms with van der Waals surface area (Å²) >= 11 is 0. The molecule has 12 heteroatoms. The van der Waals surface area contributed by atoms with Crippen molar-refractivity contribution in [3.8, 4) is 11.3 Å². The van der Waals surface area contributed by atoms with Gasteiger partial charge in [-0.1, -0.05) is 0 Å². The predicted molar refractivity (Wildman–Crippen MR) is 128 cm³/mol. The first kappa shape index (κ1) is 22.5. The van der Waals surface area contributed by atoms with Gasteiger partial charge in [-0.3, -0.25) is 9.89 Å². The van der Waals surface area contributed by atoms with Gasteiger partial charge in [-0.2, -0.15) is 10.1 Å². The minimum absolute atomic E-state index is 0.0767. The summed E-state index contributed by atoms with van der Waals surface area (Å²) in [5.41, 5.74) is 2.47. The third-order valence-corrected chi connectivity index (χ3v) is 6.37. The third kappa shape index (κ3) is 4.39. The number of carbonyl (C=O) groups is 1. The van der Waals surface area contributed by atoms with Crippen LogP contribution in [-0.4, -0.2) is 66.4 Å². The highest BCUT2D eigenvalue weighted by Crippen LogP contribution is 2.38. The Balaban J connectivity index is 1.34. The van der Waals surface area contributed by atoms with Crippen LogP contribution in [0, 0.1) is 0 Å². The molecule has 10 nitrogen and oxygen atoms in total. The summed E-state index contributed by atoms with van der Waals surface area (Å²) in [6, 6.07) is 6.98. The number of nitrogens with zero attached hydrogens (tertiary/aromatic N) is 4. The smallest absolute Gasteiger partial charge is 0.298 e. The molecule has 2 aliphatic heterocycles. The van der Waals surface area contributed by atoms with Crippen molar-refractivity contribution >= 4 is 34.4 Å². The minimum atomic E-state index is -2.82. The zero-order chi connectivity index (χ0) is 24.7. The summed E-state index contributed by atoms with van der Waals surface area (Å²) < 4.78 is 45.7. The van der Waals surface area contributed by atoms with Crippen molar-refractivity contribution in [3.63, 3.8) is 0 Å². The van der Waals surface area contributed by atoms with E-state index in [-0.39, 0.29) is 12.2 Å². The molecule has 3 aromatic heterocycles. The number of hydrogen-bond donors (Lipinski definition) is 2. The molecule has 36 heavy (non-hydrogen) atoms. The lowest BCUT2D eigenvalue weighted by Crippen LogP contribution is -2.43. The van der Waals surface area contributed by atoms with E-state index in [1.165, 1.54) is 0 Å². The second kappa shape index (κ2) is 8.94. The van der Waals surface area contributed by atoms with Gasteiger partial charge in [0, 0.05) is 38.3 Å². The molecule has 0 spiro atoms. The Morgan fingerprint density at radius 3 is 2.75 bits per heavy atom. The number of benzene rings is 1. The SMILES string of the molecule is O=C(Nc1cc2oc(N3CCOCC3)nc2cc1N1CCCC(F)(F)C1)c1ccc(-c2cn[nH]c2)o1. The molecule has 4 aromatic rings. The van der Waals surface area contributed by atoms with Crippen molar-refractivity contribution in [1.29, 1.82) is 0 Å². The summed E-state index contributed by atoms with van der Waals surface area (Å²) in [6.45, 7) is 2.40. The van der Waals surface area contributed by atoms with E-state index >= 15 is 0 Å². The zero-order valence-corrected chi connectivity index (χ0v) is 19.3. The molecule has 0 unspecified atom stereocenters. The van der Waals surface area contributed by atoms with Crippen LogP contribution in [0.4, 0.5) is 26.2 Å². The van der Waals surface area contributed by atoms with E-state index in [9.17, 15) is 13.6 Å². The van der Waals surface area contributed by atoms with E-state index in [4.69, 9.17) is 13.6 Å². The molecular weight excluding hydrogens is 474 g/mol. The van der Waals surface area contributed by atoms with Gasteiger partial charge < -0.3 is 28.7 Å². The zero-order valence-electron chi connectivity index (χ0n) is 19.3. The molecule has 1 aromatic carbocycles. The number of ether oxygens (including phenoxy) is 1. The van der Waals surface area contributed by atoms with Crippen LogP contribution in [-0.2, 0) is 4.74 Å². The number of piperidine rings is 1. The third-order valence-electron chi connectivity index (χ3n) is 6.37. The Bertz CT molecular complexity index is 1380. The Morgan fingerprint density at radius 2 is 1.97 bits per heavy atom. The molecule has 188 valence electrons. The molecule has 5 heterocycles. The first-order valence-corrected chi connectivity index (χ1v) is 11.8. The van der Waals surface area contributed by atoms with E-state index in [0.717, 1.165) is 0 Å². The number of amides is 1. The minimum Gasteiger partial charge on any atom is -0.451 e. The van der Waals surface area contributed by atoms with Crippen LogP contribution in [0.3, 0.4) is 0 Å². The second-order valence-corrected chi connectivity index (χ2v) is 8.92. The molecule has 0 radical (unpaired) electrons. The average molecular weight is 498 g/mol. The number of fused-ring (bicyclic) bond motifs is 1. The van der Waals surface area contributed by atoms with Crippen LogP contribution in [0.15, 0.2) is 45.5 Å². The van der Waals surface area contributed by atoms with Gasteiger partial charge in [0.1, 0.15) is 11.3 Å². The second-order valence-electron chi connectivity index (χ2n) is 8.92. The number of aromatic amines is 1. The first-order valence-electron chi connectivity index (χ1n) is 11.8. The lowest BCUT2D eigenvalue weighted by Gasteiger charge is -2.35. The topological polar surface area (TPSA) is 113 Å². The standard InChI is InChI=1S/C24H24F2N6O4/c25-24(26)4-1-5-32(14-24)18-10-17-21(36-23(30-17)31-6-8-34-9-7-31)11-16(18)29-22(33)20-3-2-19(35-20)15-12-27-28-13-15/h2-3,10-13H,1,4-9,14H2,(H,27,28)(H,29,33).